The molecule has 0 unspecified atom stereocenters. The lowest BCUT2D eigenvalue weighted by Crippen LogP contribution is -2.17. The topological polar surface area (TPSA) is 137 Å². The van der Waals surface area contributed by atoms with Crippen LogP contribution in [0.2, 0.25) is 0 Å². The van der Waals surface area contributed by atoms with Crippen LogP contribution in [0.3, 0.4) is 0 Å². The monoisotopic (exact) mass is 362 g/mol. The lowest BCUT2D eigenvalue weighted by molar-refractivity contribution is -0.380. The van der Waals surface area contributed by atoms with E-state index in [2.05, 4.69) is 15.3 Å². The van der Waals surface area contributed by atoms with Crippen molar-refractivity contribution in [2.24, 2.45) is 10.9 Å². The van der Waals surface area contributed by atoms with Crippen molar-refractivity contribution in [3.8, 4) is 0 Å². The Morgan fingerprint density at radius 1 is 1.32 bits per heavy atom. The molecule has 2 rings (SSSR count). The number of nitro groups is 1. The molecule has 1 aromatic heterocycles. The molecule has 10 heteroatoms. The summed E-state index contributed by atoms with van der Waals surface area (Å²) in [5, 5.41) is 17.8. The van der Waals surface area contributed by atoms with E-state index in [-0.39, 0.29) is 22.2 Å². The van der Waals surface area contributed by atoms with Crippen LogP contribution < -0.4 is 11.1 Å². The zero-order valence-corrected chi connectivity index (χ0v) is 13.9. The van der Waals surface area contributed by atoms with Crippen LogP contribution in [0.15, 0.2) is 40.9 Å². The minimum Gasteiger partial charge on any atom is -0.380 e. The van der Waals surface area contributed by atoms with Gasteiger partial charge in [0.15, 0.2) is 11.6 Å². The summed E-state index contributed by atoms with van der Waals surface area (Å²) in [7, 11) is 0. The summed E-state index contributed by atoms with van der Waals surface area (Å²) in [6.07, 6.45) is -0.494. The van der Waals surface area contributed by atoms with Gasteiger partial charge in [0.25, 0.3) is 0 Å². The predicted molar refractivity (Wildman–Crippen MR) is 92.9 cm³/mol. The lowest BCUT2D eigenvalue weighted by atomic mass is 10.1. The molecular formula is C15H14N4O5S. The summed E-state index contributed by atoms with van der Waals surface area (Å²) in [5.41, 5.74) is 6.85. The molecule has 2 aromatic rings. The fraction of sp³-hybridized carbons (Fsp3) is 0.133. The number of Topliss-reactive ketones (excluding diaryl/α,β-unsaturated/α-hetero) is 1. The van der Waals surface area contributed by atoms with Gasteiger partial charge in [0.1, 0.15) is 0 Å². The molecule has 0 atom stereocenters. The van der Waals surface area contributed by atoms with Crippen molar-refractivity contribution in [3.63, 3.8) is 0 Å². The molecule has 0 saturated carbocycles. The number of hydrogen-bond acceptors (Lipinski definition) is 7. The third-order valence-corrected chi connectivity index (χ3v) is 3.94. The summed E-state index contributed by atoms with van der Waals surface area (Å²) in [6, 6.07) is 7.51. The SMILES string of the molecule is CCC(=O)c1ccc(NC(=O)O/N=C(/N)c2csc([N+](=O)[O-])c2)cc1. The summed E-state index contributed by atoms with van der Waals surface area (Å²) >= 11 is 0.885. The maximum atomic E-state index is 11.7. The van der Waals surface area contributed by atoms with Crippen molar-refractivity contribution in [2.45, 2.75) is 13.3 Å². The summed E-state index contributed by atoms with van der Waals surface area (Å²) < 4.78 is 0. The van der Waals surface area contributed by atoms with Gasteiger partial charge in [-0.05, 0) is 24.3 Å². The molecule has 0 aliphatic heterocycles. The van der Waals surface area contributed by atoms with Crippen LogP contribution in [-0.2, 0) is 4.84 Å². The van der Waals surface area contributed by atoms with E-state index >= 15 is 0 Å². The van der Waals surface area contributed by atoms with E-state index in [4.69, 9.17) is 5.73 Å². The Morgan fingerprint density at radius 3 is 2.56 bits per heavy atom. The molecule has 0 saturated heterocycles. The maximum Gasteiger partial charge on any atom is 0.437 e. The molecule has 1 amide bonds. The minimum absolute atomic E-state index is 0.00337. The molecule has 25 heavy (non-hydrogen) atoms. The van der Waals surface area contributed by atoms with E-state index in [9.17, 15) is 19.7 Å². The number of rotatable bonds is 6. The van der Waals surface area contributed by atoms with Gasteiger partial charge in [-0.25, -0.2) is 4.79 Å². The van der Waals surface area contributed by atoms with Gasteiger partial charge in [0.2, 0.25) is 0 Å². The normalized spacial score (nSPS) is 11.0. The van der Waals surface area contributed by atoms with Crippen molar-refractivity contribution in [1.29, 1.82) is 0 Å². The van der Waals surface area contributed by atoms with E-state index in [1.807, 2.05) is 0 Å². The number of thiophene rings is 1. The van der Waals surface area contributed by atoms with Crippen molar-refractivity contribution >= 4 is 39.7 Å². The van der Waals surface area contributed by atoms with Crippen LogP contribution in [0, 0.1) is 10.1 Å². The van der Waals surface area contributed by atoms with Gasteiger partial charge in [-0.2, -0.15) is 0 Å². The van der Waals surface area contributed by atoms with Crippen molar-refractivity contribution < 1.29 is 19.3 Å². The van der Waals surface area contributed by atoms with E-state index in [0.717, 1.165) is 11.3 Å². The molecule has 0 bridgehead atoms. The van der Waals surface area contributed by atoms with Crippen molar-refractivity contribution in [2.75, 3.05) is 5.32 Å². The molecule has 130 valence electrons. The average Bonchev–Trinajstić information content (AvgIpc) is 3.10. The smallest absolute Gasteiger partial charge is 0.380 e. The van der Waals surface area contributed by atoms with Gasteiger partial charge < -0.3 is 5.73 Å². The van der Waals surface area contributed by atoms with Gasteiger partial charge in [0.05, 0.1) is 4.92 Å². The highest BCUT2D eigenvalue weighted by atomic mass is 32.1. The van der Waals surface area contributed by atoms with Crippen LogP contribution in [-0.4, -0.2) is 22.6 Å². The van der Waals surface area contributed by atoms with Crippen LogP contribution in [0.1, 0.15) is 29.3 Å². The zero-order valence-electron chi connectivity index (χ0n) is 13.1. The number of oxime groups is 1. The number of amidine groups is 1. The van der Waals surface area contributed by atoms with Gasteiger partial charge >= 0.3 is 11.1 Å². The number of benzene rings is 1. The first-order valence-corrected chi connectivity index (χ1v) is 7.96. The highest BCUT2D eigenvalue weighted by Crippen LogP contribution is 2.22. The van der Waals surface area contributed by atoms with Crippen molar-refractivity contribution in [3.05, 3.63) is 57.0 Å². The molecule has 3 N–H and O–H groups in total. The highest BCUT2D eigenvalue weighted by Gasteiger charge is 2.13. The molecule has 9 nitrogen and oxygen atoms in total. The Hall–Kier alpha value is -3.27. The third-order valence-electron chi connectivity index (χ3n) is 3.06. The molecule has 1 heterocycles. The second-order valence-electron chi connectivity index (χ2n) is 4.77. The summed E-state index contributed by atoms with van der Waals surface area (Å²) in [4.78, 5) is 37.9. The number of nitrogens with one attached hydrogen (secondary N) is 1. The summed E-state index contributed by atoms with van der Waals surface area (Å²) in [5.74, 6) is -0.167. The number of ketones is 1. The molecule has 0 radical (unpaired) electrons. The highest BCUT2D eigenvalue weighted by molar-refractivity contribution is 7.13. The predicted octanol–water partition coefficient (Wildman–Crippen LogP) is 3.12. The van der Waals surface area contributed by atoms with Crippen LogP contribution in [0.4, 0.5) is 15.5 Å². The van der Waals surface area contributed by atoms with Gasteiger partial charge in [-0.15, -0.1) is 0 Å². The maximum absolute atomic E-state index is 11.7. The molecule has 0 spiro atoms. The Labute approximate surface area is 146 Å². The number of hydrogen-bond donors (Lipinski definition) is 2. The van der Waals surface area contributed by atoms with Crippen LogP contribution in [0.25, 0.3) is 0 Å². The van der Waals surface area contributed by atoms with E-state index in [1.54, 1.807) is 31.2 Å². The first-order chi connectivity index (χ1) is 11.9. The van der Waals surface area contributed by atoms with Gasteiger partial charge in [0, 0.05) is 34.7 Å². The summed E-state index contributed by atoms with van der Waals surface area (Å²) in [6.45, 7) is 1.76. The molecule has 0 aliphatic rings. The van der Waals surface area contributed by atoms with E-state index in [0.29, 0.717) is 17.7 Å². The first kappa shape index (κ1) is 18.1. The van der Waals surface area contributed by atoms with Crippen LogP contribution in [0.5, 0.6) is 0 Å². The van der Waals surface area contributed by atoms with E-state index < -0.39 is 11.0 Å². The standard InChI is InChI=1S/C15H14N4O5S/c1-2-12(20)9-3-5-11(6-4-9)17-15(21)24-18-14(16)10-7-13(19(22)23)25-8-10/h3-8H,2H2,1H3,(H2,16,18)(H,17,21). The van der Waals surface area contributed by atoms with Crippen molar-refractivity contribution in [1.82, 2.24) is 0 Å². The molecule has 0 aliphatic carbocycles. The second kappa shape index (κ2) is 8.02. The van der Waals surface area contributed by atoms with E-state index in [1.165, 1.54) is 11.4 Å². The number of nitrogens with two attached hydrogens (primary N) is 1. The van der Waals surface area contributed by atoms with Gasteiger partial charge in [-0.3, -0.25) is 25.1 Å². The first-order valence-electron chi connectivity index (χ1n) is 7.08. The van der Waals surface area contributed by atoms with Gasteiger partial charge in [-0.1, -0.05) is 23.4 Å². The Kier molecular flexibility index (Phi) is 5.79. The number of carbonyl (C=O) groups excluding carboxylic acids is 2. The zero-order chi connectivity index (χ0) is 18.4. The Bertz CT molecular complexity index is 829. The third kappa shape index (κ3) is 4.85. The Morgan fingerprint density at radius 2 is 2.00 bits per heavy atom. The molecular weight excluding hydrogens is 348 g/mol. The molecule has 0 fully saturated rings. The number of anilines is 1. The number of nitrogens with zero attached hydrogens (tertiary/aromatic N) is 2. The number of carbonyl (C=O) groups is 2. The molecule has 1 aromatic carbocycles. The average molecular weight is 362 g/mol. The largest absolute Gasteiger partial charge is 0.437 e. The number of amides is 1. The fourth-order valence-corrected chi connectivity index (χ4v) is 2.50. The fourth-order valence-electron chi connectivity index (χ4n) is 1.78. The minimum atomic E-state index is -0.887. The Balaban J connectivity index is 1.95. The quantitative estimate of drug-likeness (QED) is 0.202. The van der Waals surface area contributed by atoms with Crippen LogP contribution >= 0.6 is 11.3 Å². The lowest BCUT2D eigenvalue weighted by Gasteiger charge is -2.04. The second-order valence-corrected chi connectivity index (χ2v) is 5.65.